The van der Waals surface area contributed by atoms with E-state index in [1.54, 1.807) is 12.1 Å². The molecule has 0 atom stereocenters. The Bertz CT molecular complexity index is 502. The summed E-state index contributed by atoms with van der Waals surface area (Å²) in [7, 11) is 0. The highest BCUT2D eigenvalue weighted by molar-refractivity contribution is 6.28. The lowest BCUT2D eigenvalue weighted by atomic mass is 10.2. The Morgan fingerprint density at radius 3 is 2.31 bits per heavy atom. The van der Waals surface area contributed by atoms with Crippen molar-refractivity contribution in [1.82, 2.24) is 0 Å². The van der Waals surface area contributed by atoms with Crippen LogP contribution >= 0.6 is 0 Å². The number of anilines is 1. The van der Waals surface area contributed by atoms with Gasteiger partial charge in [0, 0.05) is 17.7 Å². The largest absolute Gasteiger partial charge is 0.366 e. The summed E-state index contributed by atoms with van der Waals surface area (Å²) < 4.78 is 0. The molecule has 0 aliphatic carbocycles. The number of benzene rings is 1. The van der Waals surface area contributed by atoms with E-state index in [4.69, 9.17) is 5.73 Å². The first-order valence-electron chi connectivity index (χ1n) is 4.55. The molecular weight excluding hydrogens is 208 g/mol. The fourth-order valence-electron chi connectivity index (χ4n) is 1.45. The highest BCUT2D eigenvalue weighted by Crippen LogP contribution is 2.19. The predicted octanol–water partition coefficient (Wildman–Crippen LogP) is 0.215. The molecular formula is C11H8N2O3. The minimum atomic E-state index is -0.603. The molecule has 0 bridgehead atoms. The van der Waals surface area contributed by atoms with Crippen LogP contribution in [0.25, 0.3) is 0 Å². The zero-order chi connectivity index (χ0) is 11.7. The van der Waals surface area contributed by atoms with Crippen molar-refractivity contribution in [2.24, 2.45) is 5.73 Å². The number of nitrogens with two attached hydrogens (primary N) is 1. The number of imide groups is 1. The monoisotopic (exact) mass is 216 g/mol. The van der Waals surface area contributed by atoms with Crippen LogP contribution in [-0.2, 0) is 9.59 Å². The SMILES string of the molecule is NC(=O)c1cccc(N2C(=O)C=CC2=O)c1. The lowest BCUT2D eigenvalue weighted by Gasteiger charge is -2.13. The topological polar surface area (TPSA) is 80.5 Å². The Morgan fingerprint density at radius 1 is 1.12 bits per heavy atom. The average molecular weight is 216 g/mol. The first-order valence-corrected chi connectivity index (χ1v) is 4.55. The lowest BCUT2D eigenvalue weighted by Crippen LogP contribution is -2.29. The van der Waals surface area contributed by atoms with Crippen LogP contribution in [0.4, 0.5) is 5.69 Å². The van der Waals surface area contributed by atoms with Crippen LogP contribution in [0, 0.1) is 0 Å². The smallest absolute Gasteiger partial charge is 0.258 e. The number of rotatable bonds is 2. The van der Waals surface area contributed by atoms with E-state index in [0.717, 1.165) is 4.90 Å². The molecule has 1 aliphatic heterocycles. The Balaban J connectivity index is 2.41. The molecule has 0 saturated carbocycles. The summed E-state index contributed by atoms with van der Waals surface area (Å²) in [6.07, 6.45) is 2.36. The van der Waals surface area contributed by atoms with E-state index < -0.39 is 17.7 Å². The van der Waals surface area contributed by atoms with Crippen molar-refractivity contribution in [3.8, 4) is 0 Å². The molecule has 5 heteroatoms. The zero-order valence-corrected chi connectivity index (χ0v) is 8.21. The first kappa shape index (κ1) is 10.1. The molecule has 5 nitrogen and oxygen atoms in total. The number of nitrogens with zero attached hydrogens (tertiary/aromatic N) is 1. The fraction of sp³-hybridized carbons (Fsp3) is 0. The number of amides is 3. The van der Waals surface area contributed by atoms with E-state index in [2.05, 4.69) is 0 Å². The van der Waals surface area contributed by atoms with E-state index in [1.165, 1.54) is 24.3 Å². The van der Waals surface area contributed by atoms with Gasteiger partial charge in [-0.25, -0.2) is 4.90 Å². The second-order valence-electron chi connectivity index (χ2n) is 3.26. The van der Waals surface area contributed by atoms with Crippen LogP contribution in [0.5, 0.6) is 0 Å². The third-order valence-corrected chi connectivity index (χ3v) is 2.20. The van der Waals surface area contributed by atoms with Gasteiger partial charge in [0.15, 0.2) is 0 Å². The van der Waals surface area contributed by atoms with Crippen molar-refractivity contribution in [2.45, 2.75) is 0 Å². The summed E-state index contributed by atoms with van der Waals surface area (Å²) in [6.45, 7) is 0. The number of primary amides is 1. The van der Waals surface area contributed by atoms with E-state index in [1.807, 2.05) is 0 Å². The summed E-state index contributed by atoms with van der Waals surface area (Å²) in [5.74, 6) is -1.45. The van der Waals surface area contributed by atoms with Gasteiger partial charge in [0.2, 0.25) is 5.91 Å². The first-order chi connectivity index (χ1) is 7.59. The molecule has 1 aromatic carbocycles. The normalized spacial score (nSPS) is 14.6. The van der Waals surface area contributed by atoms with Crippen LogP contribution in [0.1, 0.15) is 10.4 Å². The molecule has 1 heterocycles. The average Bonchev–Trinajstić information content (AvgIpc) is 2.59. The van der Waals surface area contributed by atoms with Gasteiger partial charge >= 0.3 is 0 Å². The Morgan fingerprint density at radius 2 is 1.75 bits per heavy atom. The number of carbonyl (C=O) groups is 3. The van der Waals surface area contributed by atoms with E-state index in [0.29, 0.717) is 5.69 Å². The molecule has 3 amide bonds. The van der Waals surface area contributed by atoms with Gasteiger partial charge in [-0.15, -0.1) is 0 Å². The molecule has 0 saturated heterocycles. The summed E-state index contributed by atoms with van der Waals surface area (Å²) in [5, 5.41) is 0. The minimum Gasteiger partial charge on any atom is -0.366 e. The maximum Gasteiger partial charge on any atom is 0.258 e. The quantitative estimate of drug-likeness (QED) is 0.718. The van der Waals surface area contributed by atoms with Gasteiger partial charge < -0.3 is 5.73 Å². The fourth-order valence-corrected chi connectivity index (χ4v) is 1.45. The molecule has 16 heavy (non-hydrogen) atoms. The second kappa shape index (κ2) is 3.62. The van der Waals surface area contributed by atoms with Gasteiger partial charge in [-0.2, -0.15) is 0 Å². The molecule has 1 aromatic rings. The molecule has 0 spiro atoms. The van der Waals surface area contributed by atoms with Crippen molar-refractivity contribution >= 4 is 23.4 Å². The van der Waals surface area contributed by atoms with Gasteiger partial charge in [-0.3, -0.25) is 14.4 Å². The minimum absolute atomic E-state index is 0.255. The van der Waals surface area contributed by atoms with E-state index in [9.17, 15) is 14.4 Å². The summed E-state index contributed by atoms with van der Waals surface area (Å²) in [5.41, 5.74) is 5.71. The lowest BCUT2D eigenvalue weighted by molar-refractivity contribution is -0.119. The molecule has 80 valence electrons. The standard InChI is InChI=1S/C11H8N2O3/c12-11(16)7-2-1-3-8(6-7)13-9(14)4-5-10(13)15/h1-6H,(H2,12,16). The van der Waals surface area contributed by atoms with E-state index >= 15 is 0 Å². The van der Waals surface area contributed by atoms with E-state index in [-0.39, 0.29) is 5.56 Å². The van der Waals surface area contributed by atoms with Gasteiger partial charge in [0.1, 0.15) is 0 Å². The van der Waals surface area contributed by atoms with Crippen LogP contribution in [-0.4, -0.2) is 17.7 Å². The van der Waals surface area contributed by atoms with Crippen LogP contribution in [0.2, 0.25) is 0 Å². The number of hydrogen-bond acceptors (Lipinski definition) is 3. The third-order valence-electron chi connectivity index (χ3n) is 2.20. The number of hydrogen-bond donors (Lipinski definition) is 1. The van der Waals surface area contributed by atoms with Crippen molar-refractivity contribution < 1.29 is 14.4 Å². The van der Waals surface area contributed by atoms with Crippen molar-refractivity contribution in [3.63, 3.8) is 0 Å². The Kier molecular flexibility index (Phi) is 2.28. The second-order valence-corrected chi connectivity index (χ2v) is 3.26. The van der Waals surface area contributed by atoms with Gasteiger partial charge in [0.25, 0.3) is 11.8 Å². The van der Waals surface area contributed by atoms with Crippen molar-refractivity contribution in [1.29, 1.82) is 0 Å². The summed E-state index contributed by atoms with van der Waals surface area (Å²) in [4.78, 5) is 34.7. The van der Waals surface area contributed by atoms with Crippen LogP contribution < -0.4 is 10.6 Å². The van der Waals surface area contributed by atoms with Crippen molar-refractivity contribution in [3.05, 3.63) is 42.0 Å². The van der Waals surface area contributed by atoms with Crippen molar-refractivity contribution in [2.75, 3.05) is 4.90 Å². The Labute approximate surface area is 91.1 Å². The summed E-state index contributed by atoms with van der Waals surface area (Å²) >= 11 is 0. The van der Waals surface area contributed by atoms with Gasteiger partial charge in [0.05, 0.1) is 5.69 Å². The highest BCUT2D eigenvalue weighted by Gasteiger charge is 2.25. The maximum atomic E-state index is 11.4. The predicted molar refractivity (Wildman–Crippen MR) is 56.6 cm³/mol. The van der Waals surface area contributed by atoms with Crippen LogP contribution in [0.3, 0.4) is 0 Å². The molecule has 0 unspecified atom stereocenters. The zero-order valence-electron chi connectivity index (χ0n) is 8.21. The number of carbonyl (C=O) groups excluding carboxylic acids is 3. The molecule has 1 aliphatic rings. The maximum absolute atomic E-state index is 11.4. The third kappa shape index (κ3) is 1.58. The summed E-state index contributed by atoms with van der Waals surface area (Å²) in [6, 6.07) is 6.05. The van der Waals surface area contributed by atoms with Gasteiger partial charge in [-0.05, 0) is 18.2 Å². The Hall–Kier alpha value is -2.43. The molecule has 0 aromatic heterocycles. The van der Waals surface area contributed by atoms with Gasteiger partial charge in [-0.1, -0.05) is 6.07 Å². The molecule has 2 rings (SSSR count). The van der Waals surface area contributed by atoms with Crippen LogP contribution in [0.15, 0.2) is 36.4 Å². The molecule has 0 radical (unpaired) electrons. The molecule has 0 fully saturated rings. The molecule has 2 N–H and O–H groups in total. The highest BCUT2D eigenvalue weighted by atomic mass is 16.2.